The van der Waals surface area contributed by atoms with Crippen molar-refractivity contribution in [1.82, 2.24) is 0 Å². The number of carbonyl (C=O) groups excluding carboxylic acids is 1. The summed E-state index contributed by atoms with van der Waals surface area (Å²) in [5.74, 6) is 0.150. The van der Waals surface area contributed by atoms with Crippen LogP contribution in [0.25, 0.3) is 0 Å². The molecule has 1 saturated heterocycles. The summed E-state index contributed by atoms with van der Waals surface area (Å²) in [6.07, 6.45) is 0.659. The molecule has 0 radical (unpaired) electrons. The van der Waals surface area contributed by atoms with Gasteiger partial charge in [-0.15, -0.1) is 0 Å². The van der Waals surface area contributed by atoms with Crippen molar-refractivity contribution >= 4 is 23.0 Å². The number of ether oxygens (including phenoxy) is 1. The fourth-order valence-electron chi connectivity index (χ4n) is 2.91. The molecule has 7 heteroatoms. The van der Waals surface area contributed by atoms with Gasteiger partial charge in [0, 0.05) is 30.1 Å². The normalized spacial score (nSPS) is 16.8. The highest BCUT2D eigenvalue weighted by atomic mass is 16.6. The third kappa shape index (κ3) is 3.40. The molecule has 3 rings (SSSR count). The van der Waals surface area contributed by atoms with Crippen LogP contribution in [0, 0.1) is 17.0 Å². The van der Waals surface area contributed by atoms with Crippen LogP contribution in [-0.2, 0) is 4.79 Å². The van der Waals surface area contributed by atoms with Crippen molar-refractivity contribution in [1.29, 1.82) is 0 Å². The maximum Gasteiger partial charge on any atom is 0.311 e. The number of aryl methyl sites for hydroxylation is 1. The standard InChI is InChI=1S/C18H19N3O4/c1-12-3-6-14(7-4-12)20-10-9-15(18(20)22)19-13-5-8-16(21(23)24)17(11-13)25-2/h3-8,11,15,19H,9-10H2,1-2H3. The highest BCUT2D eigenvalue weighted by Gasteiger charge is 2.32. The molecule has 0 aromatic heterocycles. The van der Waals surface area contributed by atoms with E-state index in [4.69, 9.17) is 4.74 Å². The molecular weight excluding hydrogens is 322 g/mol. The van der Waals surface area contributed by atoms with Gasteiger partial charge in [-0.2, -0.15) is 0 Å². The van der Waals surface area contributed by atoms with Crippen molar-refractivity contribution in [3.63, 3.8) is 0 Å². The topological polar surface area (TPSA) is 84.7 Å². The quantitative estimate of drug-likeness (QED) is 0.667. The van der Waals surface area contributed by atoms with Crippen molar-refractivity contribution in [2.24, 2.45) is 0 Å². The maximum atomic E-state index is 12.6. The van der Waals surface area contributed by atoms with E-state index in [9.17, 15) is 14.9 Å². The first-order valence-electron chi connectivity index (χ1n) is 7.96. The molecule has 1 aliphatic heterocycles. The van der Waals surface area contributed by atoms with Gasteiger partial charge in [-0.05, 0) is 31.5 Å². The molecule has 0 saturated carbocycles. The van der Waals surface area contributed by atoms with Gasteiger partial charge >= 0.3 is 5.69 Å². The van der Waals surface area contributed by atoms with Crippen molar-refractivity contribution in [3.05, 3.63) is 58.1 Å². The summed E-state index contributed by atoms with van der Waals surface area (Å²) in [5, 5.41) is 14.1. The van der Waals surface area contributed by atoms with E-state index in [-0.39, 0.29) is 23.4 Å². The molecule has 0 bridgehead atoms. The summed E-state index contributed by atoms with van der Waals surface area (Å²) >= 11 is 0. The SMILES string of the molecule is COc1cc(NC2CCN(c3ccc(C)cc3)C2=O)ccc1[N+](=O)[O-]. The number of hydrogen-bond acceptors (Lipinski definition) is 5. The van der Waals surface area contributed by atoms with E-state index in [0.29, 0.717) is 18.7 Å². The first-order chi connectivity index (χ1) is 12.0. The summed E-state index contributed by atoms with van der Waals surface area (Å²) in [4.78, 5) is 24.9. The molecule has 25 heavy (non-hydrogen) atoms. The Morgan fingerprint density at radius 2 is 1.96 bits per heavy atom. The van der Waals surface area contributed by atoms with E-state index in [1.807, 2.05) is 31.2 Å². The largest absolute Gasteiger partial charge is 0.490 e. The number of nitro groups is 1. The molecule has 1 atom stereocenters. The number of benzene rings is 2. The van der Waals surface area contributed by atoms with Crippen LogP contribution < -0.4 is 15.0 Å². The van der Waals surface area contributed by atoms with Gasteiger partial charge in [-0.1, -0.05) is 17.7 Å². The molecule has 1 aliphatic rings. The molecule has 130 valence electrons. The molecule has 1 unspecified atom stereocenters. The lowest BCUT2D eigenvalue weighted by molar-refractivity contribution is -0.385. The highest BCUT2D eigenvalue weighted by molar-refractivity contribution is 6.01. The van der Waals surface area contributed by atoms with E-state index < -0.39 is 4.92 Å². The Morgan fingerprint density at radius 3 is 2.60 bits per heavy atom. The number of amides is 1. The van der Waals surface area contributed by atoms with Crippen LogP contribution in [0.15, 0.2) is 42.5 Å². The first-order valence-corrected chi connectivity index (χ1v) is 7.96. The second-order valence-corrected chi connectivity index (χ2v) is 5.95. The Bertz CT molecular complexity index is 804. The molecule has 0 aliphatic carbocycles. The van der Waals surface area contributed by atoms with E-state index in [1.54, 1.807) is 17.0 Å². The fraction of sp³-hybridized carbons (Fsp3) is 0.278. The second kappa shape index (κ2) is 6.80. The Hall–Kier alpha value is -3.09. The van der Waals surface area contributed by atoms with Crippen LogP contribution in [0.1, 0.15) is 12.0 Å². The van der Waals surface area contributed by atoms with E-state index in [0.717, 1.165) is 11.3 Å². The van der Waals surface area contributed by atoms with Crippen LogP contribution in [0.2, 0.25) is 0 Å². The molecule has 1 N–H and O–H groups in total. The maximum absolute atomic E-state index is 12.6. The average Bonchev–Trinajstić information content (AvgIpc) is 2.96. The number of carbonyl (C=O) groups is 1. The van der Waals surface area contributed by atoms with Gasteiger partial charge in [-0.25, -0.2) is 0 Å². The van der Waals surface area contributed by atoms with Gasteiger partial charge < -0.3 is 15.0 Å². The summed E-state index contributed by atoms with van der Waals surface area (Å²) < 4.78 is 5.06. The minimum absolute atomic E-state index is 0.0128. The van der Waals surface area contributed by atoms with Crippen LogP contribution in [0.5, 0.6) is 5.75 Å². The van der Waals surface area contributed by atoms with Crippen LogP contribution in [-0.4, -0.2) is 30.5 Å². The van der Waals surface area contributed by atoms with Gasteiger partial charge in [0.2, 0.25) is 5.91 Å². The Kier molecular flexibility index (Phi) is 4.56. The molecule has 0 spiro atoms. The summed E-state index contributed by atoms with van der Waals surface area (Å²) in [6.45, 7) is 2.63. The number of anilines is 2. The van der Waals surface area contributed by atoms with Crippen LogP contribution >= 0.6 is 0 Å². The Labute approximate surface area is 145 Å². The van der Waals surface area contributed by atoms with Crippen molar-refractivity contribution in [2.75, 3.05) is 23.9 Å². The highest BCUT2D eigenvalue weighted by Crippen LogP contribution is 2.31. The number of nitro benzene ring substituents is 1. The number of nitrogens with one attached hydrogen (secondary N) is 1. The minimum Gasteiger partial charge on any atom is -0.490 e. The Morgan fingerprint density at radius 1 is 1.24 bits per heavy atom. The molecular formula is C18H19N3O4. The lowest BCUT2D eigenvalue weighted by atomic mass is 10.2. The van der Waals surface area contributed by atoms with Gasteiger partial charge in [0.25, 0.3) is 0 Å². The van der Waals surface area contributed by atoms with Crippen molar-refractivity contribution < 1.29 is 14.5 Å². The number of hydrogen-bond donors (Lipinski definition) is 1. The predicted molar refractivity (Wildman–Crippen MR) is 95.2 cm³/mol. The average molecular weight is 341 g/mol. The van der Waals surface area contributed by atoms with Crippen LogP contribution in [0.4, 0.5) is 17.1 Å². The fourth-order valence-corrected chi connectivity index (χ4v) is 2.91. The zero-order valence-corrected chi connectivity index (χ0v) is 14.1. The van der Waals surface area contributed by atoms with E-state index in [1.165, 1.54) is 13.2 Å². The first kappa shape index (κ1) is 16.8. The number of methoxy groups -OCH3 is 1. The lowest BCUT2D eigenvalue weighted by Gasteiger charge is -2.18. The molecule has 2 aromatic rings. The number of rotatable bonds is 5. The predicted octanol–water partition coefficient (Wildman–Crippen LogP) is 3.13. The van der Waals surface area contributed by atoms with Crippen LogP contribution in [0.3, 0.4) is 0 Å². The van der Waals surface area contributed by atoms with Gasteiger partial charge in [-0.3, -0.25) is 14.9 Å². The molecule has 1 amide bonds. The molecule has 1 fully saturated rings. The molecule has 7 nitrogen and oxygen atoms in total. The number of nitrogens with zero attached hydrogens (tertiary/aromatic N) is 2. The summed E-state index contributed by atoms with van der Waals surface area (Å²) in [6, 6.07) is 12.0. The smallest absolute Gasteiger partial charge is 0.311 e. The third-order valence-corrected chi connectivity index (χ3v) is 4.27. The monoisotopic (exact) mass is 341 g/mol. The van der Waals surface area contributed by atoms with Gasteiger partial charge in [0.1, 0.15) is 6.04 Å². The van der Waals surface area contributed by atoms with E-state index >= 15 is 0 Å². The Balaban J connectivity index is 1.75. The molecule has 1 heterocycles. The van der Waals surface area contributed by atoms with Gasteiger partial charge in [0.15, 0.2) is 5.75 Å². The lowest BCUT2D eigenvalue weighted by Crippen LogP contribution is -2.33. The minimum atomic E-state index is -0.498. The second-order valence-electron chi connectivity index (χ2n) is 5.95. The summed E-state index contributed by atoms with van der Waals surface area (Å²) in [5.41, 5.74) is 2.53. The zero-order chi connectivity index (χ0) is 18.0. The third-order valence-electron chi connectivity index (χ3n) is 4.27. The van der Waals surface area contributed by atoms with Gasteiger partial charge in [0.05, 0.1) is 12.0 Å². The summed E-state index contributed by atoms with van der Waals surface area (Å²) in [7, 11) is 1.38. The molecule has 2 aromatic carbocycles. The van der Waals surface area contributed by atoms with E-state index in [2.05, 4.69) is 5.32 Å². The van der Waals surface area contributed by atoms with Crippen molar-refractivity contribution in [3.8, 4) is 5.75 Å². The zero-order valence-electron chi connectivity index (χ0n) is 14.1. The van der Waals surface area contributed by atoms with Crippen molar-refractivity contribution in [2.45, 2.75) is 19.4 Å².